The van der Waals surface area contributed by atoms with Crippen molar-refractivity contribution >= 4 is 23.4 Å². The van der Waals surface area contributed by atoms with Gasteiger partial charge in [-0.15, -0.1) is 0 Å². The van der Waals surface area contributed by atoms with Gasteiger partial charge in [0, 0.05) is 32.1 Å². The first-order valence-electron chi connectivity index (χ1n) is 13.4. The maximum atomic E-state index is 13.8. The van der Waals surface area contributed by atoms with E-state index in [9.17, 15) is 22.8 Å². The van der Waals surface area contributed by atoms with Crippen LogP contribution in [0.25, 0.3) is 0 Å². The third-order valence-electron chi connectivity index (χ3n) is 7.36. The van der Waals surface area contributed by atoms with Gasteiger partial charge in [-0.05, 0) is 62.1 Å². The molecule has 3 heterocycles. The standard InChI is InChI=1S/C28H32F3N5O4/c29-28(30,31)27-33-24(35-13-10-21(11-14-35)17-40-18-26(38)39)15-25(34-27)36-12-2-4-22(36)23(37)5-1-3-19-6-8-20(16-32)9-7-19/h6-9,15,21-22H,1-5,10-14,17-18H2,(H,38,39)/t22-/m0/s1. The number of benzene rings is 1. The Morgan fingerprint density at radius 1 is 1.07 bits per heavy atom. The van der Waals surface area contributed by atoms with Crippen LogP contribution in [0, 0.1) is 17.2 Å². The molecule has 9 nitrogen and oxygen atoms in total. The van der Waals surface area contributed by atoms with Gasteiger partial charge in [-0.1, -0.05) is 12.1 Å². The molecule has 0 unspecified atom stereocenters. The van der Waals surface area contributed by atoms with Crippen LogP contribution >= 0.6 is 0 Å². The van der Waals surface area contributed by atoms with Crippen LogP contribution in [0.15, 0.2) is 30.3 Å². The number of nitrogens with zero attached hydrogens (tertiary/aromatic N) is 5. The highest BCUT2D eigenvalue weighted by Gasteiger charge is 2.38. The third kappa shape index (κ3) is 7.69. The number of hydrogen-bond donors (Lipinski definition) is 1. The number of rotatable bonds is 11. The van der Waals surface area contributed by atoms with Crippen molar-refractivity contribution in [3.05, 3.63) is 47.3 Å². The van der Waals surface area contributed by atoms with Crippen molar-refractivity contribution in [1.29, 1.82) is 5.26 Å². The Kier molecular flexibility index (Phi) is 9.58. The minimum Gasteiger partial charge on any atom is -0.480 e. The molecule has 1 atom stereocenters. The Morgan fingerprint density at radius 2 is 1.77 bits per heavy atom. The number of carbonyl (C=O) groups excluding carboxylic acids is 1. The van der Waals surface area contributed by atoms with E-state index in [4.69, 9.17) is 15.1 Å². The van der Waals surface area contributed by atoms with E-state index in [1.165, 1.54) is 0 Å². The van der Waals surface area contributed by atoms with Crippen molar-refractivity contribution in [1.82, 2.24) is 9.97 Å². The first-order valence-corrected chi connectivity index (χ1v) is 13.4. The Morgan fingerprint density at radius 3 is 2.42 bits per heavy atom. The second-order valence-electron chi connectivity index (χ2n) is 10.2. The van der Waals surface area contributed by atoms with Gasteiger partial charge in [-0.2, -0.15) is 18.4 Å². The predicted octanol–water partition coefficient (Wildman–Crippen LogP) is 4.25. The zero-order chi connectivity index (χ0) is 28.7. The fraction of sp³-hybridized carbons (Fsp3) is 0.536. The molecule has 4 rings (SSSR count). The Bertz CT molecular complexity index is 1220. The highest BCUT2D eigenvalue weighted by atomic mass is 19.4. The summed E-state index contributed by atoms with van der Waals surface area (Å²) in [6.07, 6.45) is -0.696. The topological polar surface area (TPSA) is 120 Å². The number of ketones is 1. The van der Waals surface area contributed by atoms with Crippen LogP contribution in [-0.2, 0) is 26.9 Å². The SMILES string of the molecule is N#Cc1ccc(CCCC(=O)[C@@H]2CCCN2c2cc(N3CCC(COCC(=O)O)CC3)nc(C(F)(F)F)n2)cc1. The van der Waals surface area contributed by atoms with Crippen molar-refractivity contribution in [2.75, 3.05) is 42.6 Å². The minimum absolute atomic E-state index is 0.0259. The number of nitriles is 1. The van der Waals surface area contributed by atoms with E-state index in [0.29, 0.717) is 70.1 Å². The molecule has 40 heavy (non-hydrogen) atoms. The Labute approximate surface area is 230 Å². The number of ether oxygens (including phenoxy) is 1. The van der Waals surface area contributed by atoms with Crippen LogP contribution in [0.2, 0.25) is 0 Å². The van der Waals surface area contributed by atoms with E-state index >= 15 is 0 Å². The number of hydrogen-bond acceptors (Lipinski definition) is 8. The van der Waals surface area contributed by atoms with Gasteiger partial charge >= 0.3 is 12.1 Å². The van der Waals surface area contributed by atoms with Crippen LogP contribution < -0.4 is 9.80 Å². The van der Waals surface area contributed by atoms with Gasteiger partial charge in [0.1, 0.15) is 18.2 Å². The Balaban J connectivity index is 1.42. The van der Waals surface area contributed by atoms with Gasteiger partial charge in [-0.25, -0.2) is 14.8 Å². The van der Waals surface area contributed by atoms with Gasteiger partial charge in [0.15, 0.2) is 5.78 Å². The maximum Gasteiger partial charge on any atom is 0.451 e. The molecule has 1 aromatic carbocycles. The number of alkyl halides is 3. The number of aliphatic carboxylic acids is 1. The lowest BCUT2D eigenvalue weighted by Crippen LogP contribution is -2.38. The number of halogens is 3. The molecule has 2 saturated heterocycles. The lowest BCUT2D eigenvalue weighted by Gasteiger charge is -2.33. The number of aryl methyl sites for hydroxylation is 1. The van der Waals surface area contributed by atoms with Crippen molar-refractivity contribution in [3.8, 4) is 6.07 Å². The molecule has 2 fully saturated rings. The molecule has 0 radical (unpaired) electrons. The molecule has 214 valence electrons. The Hall–Kier alpha value is -3.72. The van der Waals surface area contributed by atoms with Crippen molar-refractivity contribution in [2.24, 2.45) is 5.92 Å². The van der Waals surface area contributed by atoms with E-state index in [1.807, 2.05) is 12.1 Å². The second kappa shape index (κ2) is 13.1. The summed E-state index contributed by atoms with van der Waals surface area (Å²) in [5.41, 5.74) is 1.58. The second-order valence-corrected chi connectivity index (χ2v) is 10.2. The quantitative estimate of drug-likeness (QED) is 0.431. The highest BCUT2D eigenvalue weighted by molar-refractivity contribution is 5.87. The summed E-state index contributed by atoms with van der Waals surface area (Å²) >= 11 is 0. The molecule has 1 N–H and O–H groups in total. The smallest absolute Gasteiger partial charge is 0.451 e. The fourth-order valence-electron chi connectivity index (χ4n) is 5.25. The normalized spacial score (nSPS) is 18.1. The fourth-order valence-corrected chi connectivity index (χ4v) is 5.25. The number of anilines is 2. The van der Waals surface area contributed by atoms with Crippen molar-refractivity contribution in [3.63, 3.8) is 0 Å². The van der Waals surface area contributed by atoms with Crippen LogP contribution in [0.4, 0.5) is 24.8 Å². The summed E-state index contributed by atoms with van der Waals surface area (Å²) in [6.45, 7) is 1.24. The molecular weight excluding hydrogens is 527 g/mol. The number of carboxylic acid groups (broad SMARTS) is 1. The number of carbonyl (C=O) groups is 2. The summed E-state index contributed by atoms with van der Waals surface area (Å²) in [4.78, 5) is 34.9. The lowest BCUT2D eigenvalue weighted by molar-refractivity contribution is -0.145. The predicted molar refractivity (Wildman–Crippen MR) is 140 cm³/mol. The third-order valence-corrected chi connectivity index (χ3v) is 7.36. The molecular formula is C28H32F3N5O4. The van der Waals surface area contributed by atoms with Gasteiger partial charge < -0.3 is 19.6 Å². The van der Waals surface area contributed by atoms with Crippen molar-refractivity contribution < 1.29 is 32.6 Å². The molecule has 0 bridgehead atoms. The average molecular weight is 560 g/mol. The maximum absolute atomic E-state index is 13.8. The molecule has 0 spiro atoms. The lowest BCUT2D eigenvalue weighted by atomic mass is 9.98. The van der Waals surface area contributed by atoms with Crippen LogP contribution in [-0.4, -0.2) is 65.7 Å². The van der Waals surface area contributed by atoms with E-state index < -0.39 is 24.0 Å². The minimum atomic E-state index is -4.74. The van der Waals surface area contributed by atoms with E-state index in [1.54, 1.807) is 28.0 Å². The first-order chi connectivity index (χ1) is 19.1. The molecule has 1 aromatic heterocycles. The van der Waals surface area contributed by atoms with E-state index in [-0.39, 0.29) is 36.6 Å². The summed E-state index contributed by atoms with van der Waals surface area (Å²) < 4.78 is 46.5. The monoisotopic (exact) mass is 559 g/mol. The highest BCUT2D eigenvalue weighted by Crippen LogP contribution is 2.34. The van der Waals surface area contributed by atoms with Crippen LogP contribution in [0.3, 0.4) is 0 Å². The van der Waals surface area contributed by atoms with E-state index in [2.05, 4.69) is 16.0 Å². The summed E-state index contributed by atoms with van der Waals surface area (Å²) in [5.74, 6) is -1.92. The van der Waals surface area contributed by atoms with Gasteiger partial charge in [0.25, 0.3) is 0 Å². The molecule has 2 aliphatic rings. The van der Waals surface area contributed by atoms with Gasteiger partial charge in [0.05, 0.1) is 24.3 Å². The largest absolute Gasteiger partial charge is 0.480 e. The summed E-state index contributed by atoms with van der Waals surface area (Å²) in [5, 5.41) is 17.7. The zero-order valence-electron chi connectivity index (χ0n) is 22.1. The molecule has 0 saturated carbocycles. The number of Topliss-reactive ketones (excluding diaryl/α,β-unsaturated/α-hetero) is 1. The molecule has 12 heteroatoms. The van der Waals surface area contributed by atoms with Crippen LogP contribution in [0.1, 0.15) is 55.5 Å². The first kappa shape index (κ1) is 29.3. The van der Waals surface area contributed by atoms with Crippen LogP contribution in [0.5, 0.6) is 0 Å². The number of carboxylic acids is 1. The molecule has 2 aliphatic heterocycles. The van der Waals surface area contributed by atoms with Gasteiger partial charge in [0.2, 0.25) is 5.82 Å². The summed E-state index contributed by atoms with van der Waals surface area (Å²) in [7, 11) is 0. The number of aromatic nitrogens is 2. The van der Waals surface area contributed by atoms with Gasteiger partial charge in [-0.3, -0.25) is 4.79 Å². The van der Waals surface area contributed by atoms with E-state index in [0.717, 1.165) is 5.56 Å². The molecule has 0 aliphatic carbocycles. The van der Waals surface area contributed by atoms with Crippen molar-refractivity contribution in [2.45, 2.75) is 57.2 Å². The molecule has 2 aromatic rings. The molecule has 0 amide bonds. The average Bonchev–Trinajstić information content (AvgIpc) is 3.43. The zero-order valence-corrected chi connectivity index (χ0v) is 22.1. The summed E-state index contributed by atoms with van der Waals surface area (Å²) in [6, 6.07) is 10.3. The number of piperidine rings is 1.